The van der Waals surface area contributed by atoms with E-state index in [9.17, 15) is 9.59 Å². The lowest BCUT2D eigenvalue weighted by molar-refractivity contribution is -0.136. The lowest BCUT2D eigenvalue weighted by Crippen LogP contribution is -2.23. The van der Waals surface area contributed by atoms with Gasteiger partial charge in [0.05, 0.1) is 17.4 Å². The zero-order valence-corrected chi connectivity index (χ0v) is 13.4. The molecule has 0 radical (unpaired) electrons. The molecular formula is C14H12BrNO3S. The maximum atomic E-state index is 11.9. The van der Waals surface area contributed by atoms with E-state index in [0.29, 0.717) is 21.6 Å². The quantitative estimate of drug-likeness (QED) is 0.609. The molecule has 0 aliphatic carbocycles. The number of ether oxygens (including phenoxy) is 1. The summed E-state index contributed by atoms with van der Waals surface area (Å²) >= 11 is 4.80. The Hall–Kier alpha value is -1.40. The third-order valence-electron chi connectivity index (χ3n) is 2.76. The first-order valence-electron chi connectivity index (χ1n) is 5.84. The van der Waals surface area contributed by atoms with Crippen LogP contribution in [0.1, 0.15) is 6.92 Å². The summed E-state index contributed by atoms with van der Waals surface area (Å²) in [5.41, 5.74) is 0.523. The molecule has 0 spiro atoms. The number of rotatable bonds is 4. The van der Waals surface area contributed by atoms with Crippen LogP contribution >= 0.6 is 27.7 Å². The number of thioether (sulfide) groups is 1. The number of carbonyl (C=O) groups excluding carboxylic acids is 2. The molecule has 0 aromatic heterocycles. The highest BCUT2D eigenvalue weighted by Crippen LogP contribution is 2.21. The van der Waals surface area contributed by atoms with Crippen LogP contribution < -0.4 is 10.6 Å². The average Bonchev–Trinajstić information content (AvgIpc) is 2.75. The van der Waals surface area contributed by atoms with E-state index in [2.05, 4.69) is 25.7 Å². The van der Waals surface area contributed by atoms with Gasteiger partial charge in [-0.15, -0.1) is 11.8 Å². The van der Waals surface area contributed by atoms with Crippen LogP contribution in [0.3, 0.4) is 0 Å². The number of benzene rings is 1. The van der Waals surface area contributed by atoms with Crippen LogP contribution in [-0.2, 0) is 14.3 Å². The summed E-state index contributed by atoms with van der Waals surface area (Å²) in [7, 11) is 1.34. The lowest BCUT2D eigenvalue weighted by atomic mass is 10.3. The van der Waals surface area contributed by atoms with Gasteiger partial charge in [0.2, 0.25) is 0 Å². The molecule has 104 valence electrons. The SMILES string of the molecule is COC(=O)/C(C)=C/CSC1=c2c(Br)cccc2=NC1=O. The molecule has 0 unspecified atom stereocenters. The van der Waals surface area contributed by atoms with Crippen LogP contribution in [-0.4, -0.2) is 24.7 Å². The molecule has 1 amide bonds. The fourth-order valence-electron chi connectivity index (χ4n) is 1.73. The molecule has 20 heavy (non-hydrogen) atoms. The molecule has 0 saturated carbocycles. The first-order chi connectivity index (χ1) is 9.54. The molecule has 0 saturated heterocycles. The molecule has 0 bridgehead atoms. The van der Waals surface area contributed by atoms with Gasteiger partial charge in [0.15, 0.2) is 0 Å². The number of methoxy groups -OCH3 is 1. The maximum Gasteiger partial charge on any atom is 0.333 e. The van der Waals surface area contributed by atoms with Crippen LogP contribution in [0.2, 0.25) is 0 Å². The van der Waals surface area contributed by atoms with E-state index in [4.69, 9.17) is 0 Å². The van der Waals surface area contributed by atoms with Crippen LogP contribution in [0.4, 0.5) is 0 Å². The van der Waals surface area contributed by atoms with Crippen molar-refractivity contribution < 1.29 is 14.3 Å². The molecule has 1 aromatic rings. The number of hydrogen-bond acceptors (Lipinski definition) is 4. The molecule has 0 atom stereocenters. The maximum absolute atomic E-state index is 11.9. The van der Waals surface area contributed by atoms with Crippen molar-refractivity contribution in [2.24, 2.45) is 4.99 Å². The third kappa shape index (κ3) is 3.02. The van der Waals surface area contributed by atoms with E-state index in [-0.39, 0.29) is 11.9 Å². The van der Waals surface area contributed by atoms with Gasteiger partial charge in [-0.1, -0.05) is 28.1 Å². The fraction of sp³-hybridized carbons (Fsp3) is 0.214. The van der Waals surface area contributed by atoms with Crippen molar-refractivity contribution in [3.63, 3.8) is 0 Å². The number of nitrogens with zero attached hydrogens (tertiary/aromatic N) is 1. The Morgan fingerprint density at radius 3 is 2.95 bits per heavy atom. The Bertz CT molecular complexity index is 724. The number of carbonyl (C=O) groups is 2. The van der Waals surface area contributed by atoms with E-state index in [1.807, 2.05) is 12.1 Å². The van der Waals surface area contributed by atoms with E-state index in [0.717, 1.165) is 9.69 Å². The van der Waals surface area contributed by atoms with Crippen LogP contribution in [0.5, 0.6) is 0 Å². The van der Waals surface area contributed by atoms with Crippen molar-refractivity contribution in [1.82, 2.24) is 0 Å². The number of amides is 1. The van der Waals surface area contributed by atoms with Gasteiger partial charge < -0.3 is 4.74 Å². The number of fused-ring (bicyclic) bond motifs is 1. The number of halogens is 1. The zero-order valence-electron chi connectivity index (χ0n) is 11.0. The first kappa shape index (κ1) is 15.0. The minimum Gasteiger partial charge on any atom is -0.466 e. The summed E-state index contributed by atoms with van der Waals surface area (Å²) in [6.07, 6.45) is 1.74. The molecule has 1 aliphatic heterocycles. The highest BCUT2D eigenvalue weighted by Gasteiger charge is 2.18. The van der Waals surface area contributed by atoms with Crippen LogP contribution in [0.15, 0.2) is 39.3 Å². The summed E-state index contributed by atoms with van der Waals surface area (Å²) in [5, 5.41) is 1.51. The van der Waals surface area contributed by atoms with Gasteiger partial charge >= 0.3 is 5.97 Å². The van der Waals surface area contributed by atoms with Gasteiger partial charge in [0.1, 0.15) is 0 Å². The standard InChI is InChI=1S/C14H12BrNO3S/c1-8(14(18)19-2)6-7-20-12-11-9(15)4-3-5-10(11)16-13(12)17/h3-6H,7H2,1-2H3/b8-6+. The minimum absolute atomic E-state index is 0.235. The summed E-state index contributed by atoms with van der Waals surface area (Å²) < 4.78 is 5.46. The smallest absolute Gasteiger partial charge is 0.333 e. The van der Waals surface area contributed by atoms with Crippen molar-refractivity contribution >= 4 is 44.5 Å². The summed E-state index contributed by atoms with van der Waals surface area (Å²) in [4.78, 5) is 27.8. The Labute approximate surface area is 128 Å². The average molecular weight is 354 g/mol. The van der Waals surface area contributed by atoms with Gasteiger partial charge in [-0.3, -0.25) is 4.79 Å². The Balaban J connectivity index is 2.25. The topological polar surface area (TPSA) is 55.7 Å². The molecule has 2 rings (SSSR count). The first-order valence-corrected chi connectivity index (χ1v) is 7.62. The van der Waals surface area contributed by atoms with Gasteiger partial charge in [-0.2, -0.15) is 0 Å². The Morgan fingerprint density at radius 2 is 2.25 bits per heavy atom. The Morgan fingerprint density at radius 1 is 1.50 bits per heavy atom. The van der Waals surface area contributed by atoms with Gasteiger partial charge in [-0.05, 0) is 19.1 Å². The zero-order chi connectivity index (χ0) is 14.7. The predicted molar refractivity (Wildman–Crippen MR) is 81.6 cm³/mol. The largest absolute Gasteiger partial charge is 0.466 e. The van der Waals surface area contributed by atoms with Crippen molar-refractivity contribution in [2.45, 2.75) is 6.92 Å². The second-order valence-electron chi connectivity index (χ2n) is 4.07. The van der Waals surface area contributed by atoms with Gasteiger partial charge in [0.25, 0.3) is 5.91 Å². The second-order valence-corrected chi connectivity index (χ2v) is 5.95. The van der Waals surface area contributed by atoms with Crippen molar-refractivity contribution in [3.05, 3.63) is 44.9 Å². The molecule has 1 heterocycles. The van der Waals surface area contributed by atoms with Crippen molar-refractivity contribution in [3.8, 4) is 0 Å². The lowest BCUT2D eigenvalue weighted by Gasteiger charge is -2.00. The second kappa shape index (κ2) is 6.37. The van der Waals surface area contributed by atoms with E-state index < -0.39 is 0 Å². The monoisotopic (exact) mass is 353 g/mol. The highest BCUT2D eigenvalue weighted by atomic mass is 79.9. The molecule has 1 aromatic carbocycles. The molecule has 6 heteroatoms. The summed E-state index contributed by atoms with van der Waals surface area (Å²) in [5.74, 6) is -0.0844. The molecule has 1 aliphatic rings. The van der Waals surface area contributed by atoms with Crippen LogP contribution in [0.25, 0.3) is 4.91 Å². The predicted octanol–water partition coefficient (Wildman–Crippen LogP) is 1.57. The molecule has 0 N–H and O–H groups in total. The normalized spacial score (nSPS) is 14.1. The number of esters is 1. The third-order valence-corrected chi connectivity index (χ3v) is 4.42. The Kier molecular flexibility index (Phi) is 4.77. The van der Waals surface area contributed by atoms with Crippen LogP contribution in [0, 0.1) is 0 Å². The van der Waals surface area contributed by atoms with E-state index in [1.165, 1.54) is 18.9 Å². The van der Waals surface area contributed by atoms with E-state index >= 15 is 0 Å². The van der Waals surface area contributed by atoms with E-state index in [1.54, 1.807) is 19.1 Å². The van der Waals surface area contributed by atoms with Gasteiger partial charge in [0, 0.05) is 21.0 Å². The molecule has 4 nitrogen and oxygen atoms in total. The summed E-state index contributed by atoms with van der Waals surface area (Å²) in [6.45, 7) is 1.68. The molecular weight excluding hydrogens is 342 g/mol. The van der Waals surface area contributed by atoms with Gasteiger partial charge in [-0.25, -0.2) is 9.79 Å². The summed E-state index contributed by atoms with van der Waals surface area (Å²) in [6, 6.07) is 5.53. The molecule has 0 fully saturated rings. The van der Waals surface area contributed by atoms with Crippen molar-refractivity contribution in [2.75, 3.05) is 12.9 Å². The fourth-order valence-corrected chi connectivity index (χ4v) is 3.44. The van der Waals surface area contributed by atoms with Crippen molar-refractivity contribution in [1.29, 1.82) is 0 Å². The number of hydrogen-bond donors (Lipinski definition) is 0. The highest BCUT2D eigenvalue weighted by molar-refractivity contribution is 9.10. The minimum atomic E-state index is -0.361.